The minimum absolute atomic E-state index is 0.0890. The van der Waals surface area contributed by atoms with Gasteiger partial charge < -0.3 is 10.1 Å². The van der Waals surface area contributed by atoms with Crippen molar-refractivity contribution in [1.29, 1.82) is 0 Å². The Kier molecular flexibility index (Phi) is 4.77. The molecule has 82 valence electrons. The van der Waals surface area contributed by atoms with Gasteiger partial charge in [0.15, 0.2) is 0 Å². The van der Waals surface area contributed by atoms with Crippen LogP contribution in [0.5, 0.6) is 0 Å². The van der Waals surface area contributed by atoms with Crippen LogP contribution in [0.1, 0.15) is 12.5 Å². The quantitative estimate of drug-likeness (QED) is 0.777. The van der Waals surface area contributed by atoms with Gasteiger partial charge in [0.2, 0.25) is 5.91 Å². The summed E-state index contributed by atoms with van der Waals surface area (Å²) >= 11 is 0. The van der Waals surface area contributed by atoms with Crippen molar-refractivity contribution >= 4 is 5.91 Å². The van der Waals surface area contributed by atoms with Crippen molar-refractivity contribution < 1.29 is 9.53 Å². The van der Waals surface area contributed by atoms with Crippen molar-refractivity contribution in [3.8, 4) is 0 Å². The van der Waals surface area contributed by atoms with Crippen LogP contribution in [0, 0.1) is 0 Å². The first kappa shape index (κ1) is 11.7. The Morgan fingerprint density at radius 3 is 3.07 bits per heavy atom. The number of ether oxygens (including phenoxy) is 1. The van der Waals surface area contributed by atoms with Crippen molar-refractivity contribution in [2.45, 2.75) is 19.4 Å². The lowest BCUT2D eigenvalue weighted by molar-refractivity contribution is -0.125. The van der Waals surface area contributed by atoms with Crippen molar-refractivity contribution in [3.05, 3.63) is 30.1 Å². The summed E-state index contributed by atoms with van der Waals surface area (Å²) in [7, 11) is 1.51. The third-order valence-corrected chi connectivity index (χ3v) is 1.95. The predicted molar refractivity (Wildman–Crippen MR) is 57.4 cm³/mol. The molecule has 1 amide bonds. The van der Waals surface area contributed by atoms with Crippen LogP contribution >= 0.6 is 0 Å². The molecule has 0 saturated heterocycles. The van der Waals surface area contributed by atoms with Gasteiger partial charge in [-0.3, -0.25) is 9.78 Å². The molecular weight excluding hydrogens is 192 g/mol. The monoisotopic (exact) mass is 208 g/mol. The summed E-state index contributed by atoms with van der Waals surface area (Å²) in [5.41, 5.74) is 1.11. The first-order chi connectivity index (χ1) is 7.22. The SMILES string of the molecule is COCC(=O)N[C@H](C)Cc1cccnc1. The molecule has 1 rings (SSSR count). The van der Waals surface area contributed by atoms with E-state index in [-0.39, 0.29) is 18.6 Å². The molecule has 1 heterocycles. The van der Waals surface area contributed by atoms with E-state index >= 15 is 0 Å². The van der Waals surface area contributed by atoms with Gasteiger partial charge in [0.05, 0.1) is 0 Å². The minimum Gasteiger partial charge on any atom is -0.375 e. The zero-order chi connectivity index (χ0) is 11.1. The molecule has 4 nitrogen and oxygen atoms in total. The molecule has 1 atom stereocenters. The van der Waals surface area contributed by atoms with Crippen molar-refractivity contribution in [1.82, 2.24) is 10.3 Å². The normalized spacial score (nSPS) is 12.1. The van der Waals surface area contributed by atoms with Crippen LogP contribution < -0.4 is 5.32 Å². The fourth-order valence-electron chi connectivity index (χ4n) is 1.37. The molecule has 0 saturated carbocycles. The van der Waals surface area contributed by atoms with Crippen LogP contribution in [0.3, 0.4) is 0 Å². The van der Waals surface area contributed by atoms with E-state index in [4.69, 9.17) is 4.74 Å². The Morgan fingerprint density at radius 1 is 1.67 bits per heavy atom. The number of nitrogens with zero attached hydrogens (tertiary/aromatic N) is 1. The Balaban J connectivity index is 2.36. The highest BCUT2D eigenvalue weighted by Crippen LogP contribution is 2.00. The van der Waals surface area contributed by atoms with Crippen LogP contribution in [0.2, 0.25) is 0 Å². The zero-order valence-corrected chi connectivity index (χ0v) is 9.06. The predicted octanol–water partition coefficient (Wildman–Crippen LogP) is 0.775. The summed E-state index contributed by atoms with van der Waals surface area (Å²) in [4.78, 5) is 15.2. The molecule has 15 heavy (non-hydrogen) atoms. The zero-order valence-electron chi connectivity index (χ0n) is 9.06. The summed E-state index contributed by atoms with van der Waals surface area (Å²) in [6.45, 7) is 2.07. The first-order valence-electron chi connectivity index (χ1n) is 4.89. The molecule has 0 unspecified atom stereocenters. The van der Waals surface area contributed by atoms with Crippen molar-refractivity contribution in [3.63, 3.8) is 0 Å². The number of hydrogen-bond acceptors (Lipinski definition) is 3. The Morgan fingerprint density at radius 2 is 2.47 bits per heavy atom. The molecular formula is C11H16N2O2. The molecule has 0 aromatic carbocycles. The van der Waals surface area contributed by atoms with Gasteiger partial charge in [-0.1, -0.05) is 6.07 Å². The third kappa shape index (κ3) is 4.56. The fourth-order valence-corrected chi connectivity index (χ4v) is 1.37. The summed E-state index contributed by atoms with van der Waals surface area (Å²) in [6.07, 6.45) is 4.32. The van der Waals surface area contributed by atoms with Crippen LogP contribution in [0.4, 0.5) is 0 Å². The van der Waals surface area contributed by atoms with E-state index in [2.05, 4.69) is 10.3 Å². The topological polar surface area (TPSA) is 51.2 Å². The van der Waals surface area contributed by atoms with Crippen LogP contribution in [-0.2, 0) is 16.0 Å². The number of hydrogen-bond donors (Lipinski definition) is 1. The van der Waals surface area contributed by atoms with Gasteiger partial charge in [0, 0.05) is 25.5 Å². The molecule has 0 aliphatic heterocycles. The largest absolute Gasteiger partial charge is 0.375 e. The first-order valence-corrected chi connectivity index (χ1v) is 4.89. The molecule has 1 N–H and O–H groups in total. The summed E-state index contributed by atoms with van der Waals surface area (Å²) in [5.74, 6) is -0.0890. The number of carbonyl (C=O) groups excluding carboxylic acids is 1. The maximum Gasteiger partial charge on any atom is 0.246 e. The maximum atomic E-state index is 11.2. The van der Waals surface area contributed by atoms with E-state index in [0.717, 1.165) is 12.0 Å². The average Bonchev–Trinajstić information content (AvgIpc) is 2.19. The molecule has 0 spiro atoms. The highest BCUT2D eigenvalue weighted by molar-refractivity contribution is 5.77. The van der Waals surface area contributed by atoms with E-state index < -0.39 is 0 Å². The minimum atomic E-state index is -0.0890. The molecule has 1 aromatic rings. The number of pyridine rings is 1. The second-order valence-corrected chi connectivity index (χ2v) is 3.47. The number of rotatable bonds is 5. The lowest BCUT2D eigenvalue weighted by atomic mass is 10.1. The molecule has 0 fully saturated rings. The summed E-state index contributed by atoms with van der Waals surface area (Å²) in [6, 6.07) is 3.97. The number of methoxy groups -OCH3 is 1. The Bertz CT molecular complexity index is 301. The summed E-state index contributed by atoms with van der Waals surface area (Å²) < 4.78 is 4.73. The third-order valence-electron chi connectivity index (χ3n) is 1.95. The highest BCUT2D eigenvalue weighted by Gasteiger charge is 2.07. The van der Waals surface area contributed by atoms with Gasteiger partial charge in [0.25, 0.3) is 0 Å². The van der Waals surface area contributed by atoms with E-state index in [1.54, 1.807) is 12.4 Å². The maximum absolute atomic E-state index is 11.2. The highest BCUT2D eigenvalue weighted by atomic mass is 16.5. The molecule has 0 bridgehead atoms. The fraction of sp³-hybridized carbons (Fsp3) is 0.455. The van der Waals surface area contributed by atoms with Crippen LogP contribution in [0.25, 0.3) is 0 Å². The van der Waals surface area contributed by atoms with Crippen molar-refractivity contribution in [2.24, 2.45) is 0 Å². The lowest BCUT2D eigenvalue weighted by Gasteiger charge is -2.13. The van der Waals surface area contributed by atoms with Gasteiger partial charge in [-0.2, -0.15) is 0 Å². The molecule has 0 radical (unpaired) electrons. The number of aromatic nitrogens is 1. The smallest absolute Gasteiger partial charge is 0.246 e. The van der Waals surface area contributed by atoms with Gasteiger partial charge in [-0.05, 0) is 25.0 Å². The molecule has 1 aromatic heterocycles. The van der Waals surface area contributed by atoms with E-state index in [1.165, 1.54) is 7.11 Å². The van der Waals surface area contributed by atoms with Crippen LogP contribution in [0.15, 0.2) is 24.5 Å². The molecule has 4 heteroatoms. The second-order valence-electron chi connectivity index (χ2n) is 3.47. The van der Waals surface area contributed by atoms with Crippen molar-refractivity contribution in [2.75, 3.05) is 13.7 Å². The van der Waals surface area contributed by atoms with E-state index in [1.807, 2.05) is 19.1 Å². The van der Waals surface area contributed by atoms with Gasteiger partial charge in [0.1, 0.15) is 6.61 Å². The average molecular weight is 208 g/mol. The van der Waals surface area contributed by atoms with Gasteiger partial charge in [-0.25, -0.2) is 0 Å². The number of nitrogens with one attached hydrogen (secondary N) is 1. The van der Waals surface area contributed by atoms with Gasteiger partial charge in [-0.15, -0.1) is 0 Å². The van der Waals surface area contributed by atoms with E-state index in [9.17, 15) is 4.79 Å². The molecule has 0 aliphatic rings. The Hall–Kier alpha value is -1.42. The lowest BCUT2D eigenvalue weighted by Crippen LogP contribution is -2.36. The van der Waals surface area contributed by atoms with Gasteiger partial charge >= 0.3 is 0 Å². The molecule has 0 aliphatic carbocycles. The number of amides is 1. The Labute approximate surface area is 89.7 Å². The van der Waals surface area contributed by atoms with E-state index in [0.29, 0.717) is 0 Å². The van der Waals surface area contributed by atoms with Crippen LogP contribution in [-0.4, -0.2) is 30.6 Å². The standard InChI is InChI=1S/C11H16N2O2/c1-9(13-11(14)8-15-2)6-10-4-3-5-12-7-10/h3-5,7,9H,6,8H2,1-2H3,(H,13,14)/t9-/m1/s1. The second kappa shape index (κ2) is 6.14. The summed E-state index contributed by atoms with van der Waals surface area (Å²) in [5, 5.41) is 2.84. The number of carbonyl (C=O) groups is 1.